The zero-order chi connectivity index (χ0) is 22.0. The quantitative estimate of drug-likeness (QED) is 0.540. The van der Waals surface area contributed by atoms with Crippen molar-refractivity contribution in [3.63, 3.8) is 0 Å². The van der Waals surface area contributed by atoms with Gasteiger partial charge in [0.25, 0.3) is 0 Å². The number of piperazine rings is 1. The molecule has 1 aromatic carbocycles. The molecule has 1 fully saturated rings. The van der Waals surface area contributed by atoms with Gasteiger partial charge in [-0.25, -0.2) is 14.8 Å². The van der Waals surface area contributed by atoms with E-state index in [-0.39, 0.29) is 0 Å². The van der Waals surface area contributed by atoms with Crippen LogP contribution >= 0.6 is 11.3 Å². The molecule has 0 radical (unpaired) electrons. The number of benzene rings is 1. The molecule has 0 saturated carbocycles. The summed E-state index contributed by atoms with van der Waals surface area (Å²) >= 11 is 1.20. The molecule has 0 bridgehead atoms. The van der Waals surface area contributed by atoms with Crippen molar-refractivity contribution >= 4 is 39.0 Å². The summed E-state index contributed by atoms with van der Waals surface area (Å²) in [4.78, 5) is 26.1. The van der Waals surface area contributed by atoms with Gasteiger partial charge >= 0.3 is 5.97 Å². The van der Waals surface area contributed by atoms with Crippen LogP contribution in [0, 0.1) is 20.8 Å². The van der Waals surface area contributed by atoms with E-state index >= 15 is 0 Å². The lowest BCUT2D eigenvalue weighted by Gasteiger charge is -2.37. The first-order valence-electron chi connectivity index (χ1n) is 10.7. The summed E-state index contributed by atoms with van der Waals surface area (Å²) in [5, 5.41) is 13.6. The molecule has 1 aliphatic rings. The number of thiophene rings is 1. The maximum absolute atomic E-state index is 11.4. The molecular formula is C23H29N5O2S. The van der Waals surface area contributed by atoms with Crippen LogP contribution < -0.4 is 10.2 Å². The topological polar surface area (TPSA) is 81.6 Å². The van der Waals surface area contributed by atoms with Gasteiger partial charge in [-0.05, 0) is 56.5 Å². The standard InChI is InChI=1S/C23H29N5O2S/c1-15-5-6-16(2)18(13-15)28-11-9-27(10-12-28)8-4-7-24-21-19-17(3)20(23(29)30)31-22(19)26-14-25-21/h5-6,13-14H,4,7-12H2,1-3H3,(H,29,30)(H,24,25,26). The Balaban J connectivity index is 1.28. The number of nitrogens with zero attached hydrogens (tertiary/aromatic N) is 4. The predicted octanol–water partition coefficient (Wildman–Crippen LogP) is 3.94. The highest BCUT2D eigenvalue weighted by molar-refractivity contribution is 7.20. The minimum absolute atomic E-state index is 0.334. The zero-order valence-electron chi connectivity index (χ0n) is 18.3. The molecule has 0 aliphatic carbocycles. The Bertz CT molecular complexity index is 1090. The minimum Gasteiger partial charge on any atom is -0.477 e. The van der Waals surface area contributed by atoms with E-state index in [0.29, 0.717) is 4.88 Å². The predicted molar refractivity (Wildman–Crippen MR) is 127 cm³/mol. The van der Waals surface area contributed by atoms with Crippen LogP contribution in [-0.2, 0) is 0 Å². The van der Waals surface area contributed by atoms with E-state index in [1.807, 2.05) is 6.92 Å². The molecule has 0 atom stereocenters. The van der Waals surface area contributed by atoms with Crippen LogP contribution in [-0.4, -0.2) is 65.2 Å². The summed E-state index contributed by atoms with van der Waals surface area (Å²) in [6.45, 7) is 12.2. The van der Waals surface area contributed by atoms with Gasteiger partial charge in [0.05, 0.1) is 5.39 Å². The van der Waals surface area contributed by atoms with Gasteiger partial charge in [0.15, 0.2) is 0 Å². The fraction of sp³-hybridized carbons (Fsp3) is 0.435. The van der Waals surface area contributed by atoms with Gasteiger partial charge in [-0.3, -0.25) is 4.90 Å². The van der Waals surface area contributed by atoms with Gasteiger partial charge in [0, 0.05) is 38.4 Å². The van der Waals surface area contributed by atoms with Gasteiger partial charge in [-0.1, -0.05) is 12.1 Å². The molecule has 164 valence electrons. The average Bonchev–Trinajstić information content (AvgIpc) is 3.11. The second-order valence-corrected chi connectivity index (χ2v) is 9.16. The van der Waals surface area contributed by atoms with Crippen molar-refractivity contribution in [2.75, 3.05) is 49.5 Å². The van der Waals surface area contributed by atoms with Gasteiger partial charge < -0.3 is 15.3 Å². The number of aromatic nitrogens is 2. The van der Waals surface area contributed by atoms with Crippen molar-refractivity contribution < 1.29 is 9.90 Å². The fourth-order valence-corrected chi connectivity index (χ4v) is 5.18. The SMILES string of the molecule is Cc1ccc(C)c(N2CCN(CCCNc3ncnc4sc(C(=O)O)c(C)c34)CC2)c1. The largest absolute Gasteiger partial charge is 0.477 e. The van der Waals surface area contributed by atoms with Crippen molar-refractivity contribution in [2.24, 2.45) is 0 Å². The smallest absolute Gasteiger partial charge is 0.346 e. The molecule has 1 aliphatic heterocycles. The Kier molecular flexibility index (Phi) is 6.38. The average molecular weight is 440 g/mol. The van der Waals surface area contributed by atoms with E-state index in [1.165, 1.54) is 34.5 Å². The number of aryl methyl sites for hydroxylation is 3. The van der Waals surface area contributed by atoms with E-state index in [4.69, 9.17) is 0 Å². The van der Waals surface area contributed by atoms with Gasteiger partial charge in [0.1, 0.15) is 21.9 Å². The first-order chi connectivity index (χ1) is 14.9. The van der Waals surface area contributed by atoms with Gasteiger partial charge in [-0.2, -0.15) is 0 Å². The fourth-order valence-electron chi connectivity index (χ4n) is 4.19. The van der Waals surface area contributed by atoms with E-state index in [2.05, 4.69) is 57.1 Å². The van der Waals surface area contributed by atoms with E-state index in [9.17, 15) is 9.90 Å². The van der Waals surface area contributed by atoms with Crippen LogP contribution in [0.1, 0.15) is 32.8 Å². The summed E-state index contributed by atoms with van der Waals surface area (Å²) in [7, 11) is 0. The molecule has 0 spiro atoms. The molecule has 0 amide bonds. The van der Waals surface area contributed by atoms with Crippen LogP contribution in [0.15, 0.2) is 24.5 Å². The van der Waals surface area contributed by atoms with Crippen LogP contribution in [0.2, 0.25) is 0 Å². The number of aromatic carboxylic acids is 1. The summed E-state index contributed by atoms with van der Waals surface area (Å²) in [6, 6.07) is 6.68. The highest BCUT2D eigenvalue weighted by atomic mass is 32.1. The second-order valence-electron chi connectivity index (χ2n) is 8.16. The lowest BCUT2D eigenvalue weighted by Crippen LogP contribution is -2.47. The third kappa shape index (κ3) is 4.65. The molecule has 8 heteroatoms. The van der Waals surface area contributed by atoms with Crippen molar-refractivity contribution in [1.29, 1.82) is 0 Å². The van der Waals surface area contributed by atoms with Crippen molar-refractivity contribution in [3.8, 4) is 0 Å². The van der Waals surface area contributed by atoms with E-state index in [0.717, 1.165) is 67.3 Å². The summed E-state index contributed by atoms with van der Waals surface area (Å²) in [5.41, 5.74) is 4.75. The van der Waals surface area contributed by atoms with Crippen molar-refractivity contribution in [3.05, 3.63) is 46.1 Å². The van der Waals surface area contributed by atoms with Gasteiger partial charge in [-0.15, -0.1) is 11.3 Å². The summed E-state index contributed by atoms with van der Waals surface area (Å²) in [5.74, 6) is -0.183. The van der Waals surface area contributed by atoms with Crippen molar-refractivity contribution in [1.82, 2.24) is 14.9 Å². The second kappa shape index (κ2) is 9.20. The Hall–Kier alpha value is -2.71. The van der Waals surface area contributed by atoms with Crippen LogP contribution in [0.25, 0.3) is 10.2 Å². The normalized spacial score (nSPS) is 14.9. The highest BCUT2D eigenvalue weighted by Gasteiger charge is 2.20. The zero-order valence-corrected chi connectivity index (χ0v) is 19.1. The first-order valence-corrected chi connectivity index (χ1v) is 11.5. The molecule has 4 rings (SSSR count). The van der Waals surface area contributed by atoms with E-state index < -0.39 is 5.97 Å². The Morgan fingerprint density at radius 3 is 2.68 bits per heavy atom. The molecule has 7 nitrogen and oxygen atoms in total. The first kappa shape index (κ1) is 21.5. The number of hydrogen-bond donors (Lipinski definition) is 2. The number of hydrogen-bond acceptors (Lipinski definition) is 7. The maximum Gasteiger partial charge on any atom is 0.346 e. The minimum atomic E-state index is -0.911. The Morgan fingerprint density at radius 1 is 1.16 bits per heavy atom. The molecule has 1 saturated heterocycles. The highest BCUT2D eigenvalue weighted by Crippen LogP contribution is 2.33. The third-order valence-corrected chi connectivity index (χ3v) is 7.13. The number of anilines is 2. The Morgan fingerprint density at radius 2 is 1.94 bits per heavy atom. The van der Waals surface area contributed by atoms with Crippen LogP contribution in [0.3, 0.4) is 0 Å². The van der Waals surface area contributed by atoms with Gasteiger partial charge in [0.2, 0.25) is 0 Å². The number of carboxylic acid groups (broad SMARTS) is 1. The van der Waals surface area contributed by atoms with Crippen LogP contribution in [0.5, 0.6) is 0 Å². The molecule has 3 aromatic rings. The summed E-state index contributed by atoms with van der Waals surface area (Å²) < 4.78 is 0. The number of carboxylic acids is 1. The number of nitrogens with one attached hydrogen (secondary N) is 1. The molecule has 31 heavy (non-hydrogen) atoms. The molecule has 3 heterocycles. The maximum atomic E-state index is 11.4. The Labute approximate surface area is 186 Å². The monoisotopic (exact) mass is 439 g/mol. The molecule has 2 N–H and O–H groups in total. The van der Waals surface area contributed by atoms with Crippen LogP contribution in [0.4, 0.5) is 11.5 Å². The lowest BCUT2D eigenvalue weighted by molar-refractivity contribution is 0.0701. The number of fused-ring (bicyclic) bond motifs is 1. The summed E-state index contributed by atoms with van der Waals surface area (Å²) in [6.07, 6.45) is 2.50. The number of carbonyl (C=O) groups is 1. The lowest BCUT2D eigenvalue weighted by atomic mass is 10.1. The number of rotatable bonds is 7. The molecule has 0 unspecified atom stereocenters. The van der Waals surface area contributed by atoms with Crippen molar-refractivity contribution in [2.45, 2.75) is 27.2 Å². The molecular weight excluding hydrogens is 410 g/mol. The van der Waals surface area contributed by atoms with E-state index in [1.54, 1.807) is 0 Å². The molecule has 2 aromatic heterocycles. The third-order valence-electron chi connectivity index (χ3n) is 5.94.